The van der Waals surface area contributed by atoms with Gasteiger partial charge in [-0.25, -0.2) is 0 Å². The van der Waals surface area contributed by atoms with E-state index < -0.39 is 0 Å². The maximum absolute atomic E-state index is 6.28. The Bertz CT molecular complexity index is 377. The fourth-order valence-electron chi connectivity index (χ4n) is 1.92. The van der Waals surface area contributed by atoms with Gasteiger partial charge in [0, 0.05) is 6.04 Å². The van der Waals surface area contributed by atoms with Gasteiger partial charge >= 0.3 is 0 Å². The van der Waals surface area contributed by atoms with Crippen molar-refractivity contribution in [1.82, 2.24) is 0 Å². The molecular weight excluding hydrogens is 208 g/mol. The minimum Gasteiger partial charge on any atom is -0.330 e. The molecule has 2 atom stereocenters. The summed E-state index contributed by atoms with van der Waals surface area (Å²) in [7, 11) is 0. The van der Waals surface area contributed by atoms with Crippen LogP contribution in [0, 0.1) is 12.8 Å². The first-order valence-corrected chi connectivity index (χ1v) is 6.34. The zero-order valence-electron chi connectivity index (χ0n) is 11.7. The summed E-state index contributed by atoms with van der Waals surface area (Å²) < 4.78 is 0. The van der Waals surface area contributed by atoms with Crippen molar-refractivity contribution in [2.24, 2.45) is 17.4 Å². The molecule has 0 saturated carbocycles. The molecule has 0 fully saturated rings. The quantitative estimate of drug-likeness (QED) is 0.845. The molecule has 0 aliphatic carbocycles. The fraction of sp³-hybridized carbons (Fsp3) is 0.600. The van der Waals surface area contributed by atoms with Crippen LogP contribution in [-0.2, 0) is 5.41 Å². The number of nitrogens with two attached hydrogens (primary N) is 2. The number of aryl methyl sites for hydroxylation is 1. The molecule has 0 aliphatic heterocycles. The highest BCUT2D eigenvalue weighted by Crippen LogP contribution is 2.28. The summed E-state index contributed by atoms with van der Waals surface area (Å²) in [6.45, 7) is 11.5. The van der Waals surface area contributed by atoms with Crippen LogP contribution in [0.5, 0.6) is 0 Å². The van der Waals surface area contributed by atoms with Gasteiger partial charge in [-0.1, -0.05) is 45.9 Å². The first kappa shape index (κ1) is 14.2. The largest absolute Gasteiger partial charge is 0.330 e. The molecule has 0 aliphatic rings. The van der Waals surface area contributed by atoms with Crippen molar-refractivity contribution in [2.45, 2.75) is 46.1 Å². The minimum absolute atomic E-state index is 0.0299. The Kier molecular flexibility index (Phi) is 4.34. The lowest BCUT2D eigenvalue weighted by atomic mass is 9.83. The normalized spacial score (nSPS) is 15.7. The van der Waals surface area contributed by atoms with E-state index >= 15 is 0 Å². The van der Waals surface area contributed by atoms with Gasteiger partial charge in [-0.3, -0.25) is 0 Å². The number of hydrogen-bond acceptors (Lipinski definition) is 2. The molecule has 96 valence electrons. The zero-order valence-corrected chi connectivity index (χ0v) is 11.7. The summed E-state index contributed by atoms with van der Waals surface area (Å²) >= 11 is 0. The van der Waals surface area contributed by atoms with Crippen molar-refractivity contribution >= 4 is 0 Å². The Labute approximate surface area is 105 Å². The van der Waals surface area contributed by atoms with Gasteiger partial charge in [-0.05, 0) is 41.5 Å². The summed E-state index contributed by atoms with van der Waals surface area (Å²) in [6.07, 6.45) is 0. The number of benzene rings is 1. The molecule has 1 aromatic carbocycles. The van der Waals surface area contributed by atoms with Crippen LogP contribution in [0.4, 0.5) is 0 Å². The van der Waals surface area contributed by atoms with Crippen LogP contribution in [0.25, 0.3) is 0 Å². The van der Waals surface area contributed by atoms with Crippen molar-refractivity contribution in [3.05, 3.63) is 34.9 Å². The molecule has 2 nitrogen and oxygen atoms in total. The third kappa shape index (κ3) is 3.30. The predicted molar refractivity (Wildman–Crippen MR) is 75.0 cm³/mol. The highest BCUT2D eigenvalue weighted by molar-refractivity contribution is 5.36. The van der Waals surface area contributed by atoms with E-state index in [0.29, 0.717) is 12.5 Å². The molecule has 2 heteroatoms. The van der Waals surface area contributed by atoms with Gasteiger partial charge in [0.2, 0.25) is 0 Å². The van der Waals surface area contributed by atoms with Crippen LogP contribution in [0.2, 0.25) is 0 Å². The van der Waals surface area contributed by atoms with E-state index in [9.17, 15) is 0 Å². The van der Waals surface area contributed by atoms with Gasteiger partial charge in [-0.15, -0.1) is 0 Å². The van der Waals surface area contributed by atoms with Gasteiger partial charge in [-0.2, -0.15) is 0 Å². The molecule has 0 saturated heterocycles. The van der Waals surface area contributed by atoms with Gasteiger partial charge in [0.1, 0.15) is 0 Å². The predicted octanol–water partition coefficient (Wildman–Crippen LogP) is 2.89. The second-order valence-corrected chi connectivity index (χ2v) is 6.06. The van der Waals surface area contributed by atoms with E-state index in [4.69, 9.17) is 11.5 Å². The van der Waals surface area contributed by atoms with Crippen molar-refractivity contribution in [3.8, 4) is 0 Å². The Morgan fingerprint density at radius 1 is 1.24 bits per heavy atom. The number of rotatable bonds is 3. The van der Waals surface area contributed by atoms with E-state index in [-0.39, 0.29) is 11.5 Å². The van der Waals surface area contributed by atoms with Gasteiger partial charge < -0.3 is 11.5 Å². The summed E-state index contributed by atoms with van der Waals surface area (Å²) in [5, 5.41) is 0. The minimum atomic E-state index is 0.0299. The molecule has 17 heavy (non-hydrogen) atoms. The second kappa shape index (κ2) is 5.19. The highest BCUT2D eigenvalue weighted by atomic mass is 14.7. The smallest absolute Gasteiger partial charge is 0.0335 e. The molecular formula is C15H26N2. The molecule has 0 heterocycles. The van der Waals surface area contributed by atoms with Gasteiger partial charge in [0.05, 0.1) is 0 Å². The molecule has 0 radical (unpaired) electrons. The molecule has 2 unspecified atom stereocenters. The zero-order chi connectivity index (χ0) is 13.2. The second-order valence-electron chi connectivity index (χ2n) is 6.06. The molecule has 0 bridgehead atoms. The van der Waals surface area contributed by atoms with E-state index in [1.165, 1.54) is 16.7 Å². The van der Waals surface area contributed by atoms with Crippen LogP contribution in [-0.4, -0.2) is 6.54 Å². The Hall–Kier alpha value is -0.860. The Morgan fingerprint density at radius 3 is 2.29 bits per heavy atom. The molecule has 0 aromatic heterocycles. The van der Waals surface area contributed by atoms with Crippen LogP contribution >= 0.6 is 0 Å². The molecule has 0 amide bonds. The average molecular weight is 234 g/mol. The lowest BCUT2D eigenvalue weighted by molar-refractivity contribution is 0.477. The van der Waals surface area contributed by atoms with Crippen LogP contribution in [0.3, 0.4) is 0 Å². The lowest BCUT2D eigenvalue weighted by Gasteiger charge is -2.25. The molecule has 1 rings (SSSR count). The van der Waals surface area contributed by atoms with E-state index in [1.54, 1.807) is 0 Å². The molecule has 0 spiro atoms. The number of hydrogen-bond donors (Lipinski definition) is 2. The maximum atomic E-state index is 6.28. The molecule has 4 N–H and O–H groups in total. The van der Waals surface area contributed by atoms with Crippen molar-refractivity contribution in [3.63, 3.8) is 0 Å². The third-order valence-corrected chi connectivity index (χ3v) is 3.49. The van der Waals surface area contributed by atoms with Gasteiger partial charge in [0.15, 0.2) is 0 Å². The van der Waals surface area contributed by atoms with Gasteiger partial charge in [0.25, 0.3) is 0 Å². The SMILES string of the molecule is Cc1ccc(C(C)(C)C)cc1C(N)C(C)CN. The first-order chi connectivity index (χ1) is 7.77. The van der Waals surface area contributed by atoms with Crippen molar-refractivity contribution in [1.29, 1.82) is 0 Å². The summed E-state index contributed by atoms with van der Waals surface area (Å²) in [4.78, 5) is 0. The van der Waals surface area contributed by atoms with Crippen molar-refractivity contribution in [2.75, 3.05) is 6.54 Å². The topological polar surface area (TPSA) is 52.0 Å². The standard InChI is InChI=1S/C15H26N2/c1-10-6-7-12(15(3,4)5)8-13(10)14(17)11(2)9-16/h6-8,11,14H,9,16-17H2,1-5H3. The average Bonchev–Trinajstić information content (AvgIpc) is 2.26. The molecule has 1 aromatic rings. The van der Waals surface area contributed by atoms with E-state index in [0.717, 1.165) is 0 Å². The lowest BCUT2D eigenvalue weighted by Crippen LogP contribution is -2.26. The van der Waals surface area contributed by atoms with E-state index in [1.807, 2.05) is 0 Å². The van der Waals surface area contributed by atoms with Crippen LogP contribution < -0.4 is 11.5 Å². The van der Waals surface area contributed by atoms with E-state index in [2.05, 4.69) is 52.8 Å². The third-order valence-electron chi connectivity index (χ3n) is 3.49. The summed E-state index contributed by atoms with van der Waals surface area (Å²) in [5.74, 6) is 0.309. The summed E-state index contributed by atoms with van der Waals surface area (Å²) in [6, 6.07) is 6.63. The highest BCUT2D eigenvalue weighted by Gasteiger charge is 2.19. The Balaban J connectivity index is 3.15. The van der Waals surface area contributed by atoms with Crippen LogP contribution in [0.15, 0.2) is 18.2 Å². The maximum Gasteiger partial charge on any atom is 0.0335 e. The fourth-order valence-corrected chi connectivity index (χ4v) is 1.92. The van der Waals surface area contributed by atoms with Crippen LogP contribution in [0.1, 0.15) is 50.4 Å². The summed E-state index contributed by atoms with van der Waals surface area (Å²) in [5.41, 5.74) is 16.0. The Morgan fingerprint density at radius 2 is 1.82 bits per heavy atom. The van der Waals surface area contributed by atoms with Crippen molar-refractivity contribution < 1.29 is 0 Å². The first-order valence-electron chi connectivity index (χ1n) is 6.34. The monoisotopic (exact) mass is 234 g/mol.